The molecule has 0 bridgehead atoms. The normalized spacial score (nSPS) is 16.6. The van der Waals surface area contributed by atoms with Crippen LogP contribution >= 0.6 is 11.8 Å². The second-order valence-electron chi connectivity index (χ2n) is 9.21. The maximum absolute atomic E-state index is 13.7. The fraction of sp³-hybridized carbons (Fsp3) is 0.200. The maximum Gasteiger partial charge on any atom is 0.283 e. The van der Waals surface area contributed by atoms with E-state index in [9.17, 15) is 18.8 Å². The van der Waals surface area contributed by atoms with Crippen LogP contribution in [0.5, 0.6) is 0 Å². The lowest BCUT2D eigenvalue weighted by Crippen LogP contribution is -2.49. The van der Waals surface area contributed by atoms with Crippen molar-refractivity contribution in [1.82, 2.24) is 4.90 Å². The predicted molar refractivity (Wildman–Crippen MR) is 153 cm³/mol. The first-order valence-corrected chi connectivity index (χ1v) is 13.6. The molecule has 3 aromatic carbocycles. The van der Waals surface area contributed by atoms with E-state index in [2.05, 4.69) is 9.89 Å². The molecule has 1 fully saturated rings. The average molecular weight is 543 g/mol. The van der Waals surface area contributed by atoms with Crippen LogP contribution in [0.4, 0.5) is 15.8 Å². The molecule has 0 saturated carbocycles. The molecule has 5 rings (SSSR count). The van der Waals surface area contributed by atoms with Crippen molar-refractivity contribution < 1.29 is 18.8 Å². The van der Waals surface area contributed by atoms with Gasteiger partial charge in [-0.3, -0.25) is 19.3 Å². The summed E-state index contributed by atoms with van der Waals surface area (Å²) in [7, 11) is 0. The highest BCUT2D eigenvalue weighted by Gasteiger charge is 2.33. The number of carbonyl (C=O) groups excluding carboxylic acids is 3. The number of rotatable bonds is 6. The molecule has 2 aliphatic rings. The first kappa shape index (κ1) is 26.4. The van der Waals surface area contributed by atoms with Crippen LogP contribution in [0.15, 0.2) is 89.6 Å². The largest absolute Gasteiger partial charge is 0.368 e. The number of carbonyl (C=O) groups is 3. The smallest absolute Gasteiger partial charge is 0.283 e. The summed E-state index contributed by atoms with van der Waals surface area (Å²) < 4.78 is 13.7. The summed E-state index contributed by atoms with van der Waals surface area (Å²) >= 11 is 1.21. The van der Waals surface area contributed by atoms with Gasteiger partial charge in [0.1, 0.15) is 11.5 Å². The minimum atomic E-state index is -0.396. The van der Waals surface area contributed by atoms with Gasteiger partial charge in [-0.25, -0.2) is 9.38 Å². The third-order valence-electron chi connectivity index (χ3n) is 6.59. The summed E-state index contributed by atoms with van der Waals surface area (Å²) in [6.07, 6.45) is 1.55. The Morgan fingerprint density at radius 2 is 1.64 bits per heavy atom. The van der Waals surface area contributed by atoms with Gasteiger partial charge < -0.3 is 9.80 Å². The van der Waals surface area contributed by atoms with Gasteiger partial charge in [0.2, 0.25) is 5.91 Å². The molecule has 39 heavy (non-hydrogen) atoms. The van der Waals surface area contributed by atoms with E-state index in [1.807, 2.05) is 59.5 Å². The molecule has 0 aliphatic carbocycles. The molecule has 0 radical (unpaired) electrons. The third-order valence-corrected chi connectivity index (χ3v) is 7.52. The number of amides is 2. The summed E-state index contributed by atoms with van der Waals surface area (Å²) in [4.78, 5) is 48.0. The molecule has 7 nitrogen and oxygen atoms in total. The van der Waals surface area contributed by atoms with Crippen molar-refractivity contribution in [2.45, 2.75) is 6.92 Å². The van der Waals surface area contributed by atoms with Crippen LogP contribution in [0.25, 0.3) is 6.08 Å². The Morgan fingerprint density at radius 3 is 2.31 bits per heavy atom. The molecule has 9 heteroatoms. The zero-order valence-electron chi connectivity index (χ0n) is 21.4. The average Bonchev–Trinajstić information content (AvgIpc) is 3.26. The summed E-state index contributed by atoms with van der Waals surface area (Å²) in [6.45, 7) is 4.07. The number of ketones is 1. The Bertz CT molecular complexity index is 1450. The third kappa shape index (κ3) is 6.09. The van der Waals surface area contributed by atoms with Crippen LogP contribution in [0.1, 0.15) is 22.8 Å². The Morgan fingerprint density at radius 1 is 0.923 bits per heavy atom. The zero-order valence-corrected chi connectivity index (χ0v) is 22.2. The molecule has 0 N–H and O–H groups in total. The van der Waals surface area contributed by atoms with Crippen molar-refractivity contribution in [2.75, 3.05) is 41.7 Å². The minimum Gasteiger partial charge on any atom is -0.368 e. The monoisotopic (exact) mass is 542 g/mol. The SMILES string of the molecule is CC(=O)c1ccc(N2CCN(C(=O)CSC3=N/C(=C/c4cccc(F)c4)C(=O)N3c3ccccc3)CC2)cc1. The van der Waals surface area contributed by atoms with Gasteiger partial charge in [-0.05, 0) is 67.1 Å². The van der Waals surface area contributed by atoms with E-state index in [0.29, 0.717) is 48.2 Å². The van der Waals surface area contributed by atoms with Crippen LogP contribution in [-0.4, -0.2) is 59.6 Å². The fourth-order valence-electron chi connectivity index (χ4n) is 4.49. The number of hydrogen-bond acceptors (Lipinski definition) is 6. The maximum atomic E-state index is 13.7. The number of aliphatic imine (C=N–C) groups is 1. The van der Waals surface area contributed by atoms with Gasteiger partial charge >= 0.3 is 0 Å². The second kappa shape index (κ2) is 11.7. The lowest BCUT2D eigenvalue weighted by molar-refractivity contribution is -0.128. The second-order valence-corrected chi connectivity index (χ2v) is 10.2. The van der Waals surface area contributed by atoms with Crippen molar-refractivity contribution >= 4 is 52.0 Å². The van der Waals surface area contributed by atoms with Gasteiger partial charge in [0.15, 0.2) is 11.0 Å². The highest BCUT2D eigenvalue weighted by atomic mass is 32.2. The molecule has 198 valence electrons. The quantitative estimate of drug-likeness (QED) is 0.329. The van der Waals surface area contributed by atoms with Crippen LogP contribution in [0.3, 0.4) is 0 Å². The molecule has 0 atom stereocenters. The van der Waals surface area contributed by atoms with E-state index in [1.165, 1.54) is 28.8 Å². The molecule has 2 aliphatic heterocycles. The Kier molecular flexibility index (Phi) is 7.88. The molecule has 3 aromatic rings. The Balaban J connectivity index is 1.25. The number of Topliss-reactive ketones (excluding diaryl/α,β-unsaturated/α-hetero) is 1. The van der Waals surface area contributed by atoms with Crippen LogP contribution in [0, 0.1) is 5.82 Å². The number of para-hydroxylation sites is 1. The lowest BCUT2D eigenvalue weighted by atomic mass is 10.1. The first-order chi connectivity index (χ1) is 18.9. The van der Waals surface area contributed by atoms with Gasteiger partial charge in [0.25, 0.3) is 5.91 Å². The van der Waals surface area contributed by atoms with E-state index < -0.39 is 5.82 Å². The standard InChI is InChI=1S/C30H27FN4O3S/c1-21(36)23-10-12-25(13-11-23)33-14-16-34(17-15-33)28(37)20-39-30-32-27(19-22-6-5-7-24(31)18-22)29(38)35(30)26-8-3-2-4-9-26/h2-13,18-19H,14-17,20H2,1H3/b27-19+. The number of piperazine rings is 1. The zero-order chi connectivity index (χ0) is 27.4. The van der Waals surface area contributed by atoms with E-state index in [0.717, 1.165) is 5.69 Å². The highest BCUT2D eigenvalue weighted by molar-refractivity contribution is 8.14. The summed E-state index contributed by atoms with van der Waals surface area (Å²) in [6, 6.07) is 22.6. The molecule has 2 amide bonds. The molecule has 2 heterocycles. The summed E-state index contributed by atoms with van der Waals surface area (Å²) in [5.41, 5.74) is 3.07. The summed E-state index contributed by atoms with van der Waals surface area (Å²) in [5.74, 6) is -0.588. The molecular weight excluding hydrogens is 515 g/mol. The number of nitrogens with zero attached hydrogens (tertiary/aromatic N) is 4. The fourth-order valence-corrected chi connectivity index (χ4v) is 5.41. The van der Waals surface area contributed by atoms with Crippen LogP contribution in [0.2, 0.25) is 0 Å². The topological polar surface area (TPSA) is 73.3 Å². The Hall–Kier alpha value is -4.24. The lowest BCUT2D eigenvalue weighted by Gasteiger charge is -2.36. The van der Waals surface area contributed by atoms with E-state index >= 15 is 0 Å². The van der Waals surface area contributed by atoms with E-state index in [1.54, 1.807) is 25.1 Å². The van der Waals surface area contributed by atoms with E-state index in [-0.39, 0.29) is 29.0 Å². The van der Waals surface area contributed by atoms with Gasteiger partial charge in [-0.2, -0.15) is 0 Å². The molecule has 1 saturated heterocycles. The predicted octanol–water partition coefficient (Wildman–Crippen LogP) is 4.85. The van der Waals surface area contributed by atoms with Crippen molar-refractivity contribution in [3.05, 3.63) is 102 Å². The molecule has 0 unspecified atom stereocenters. The van der Waals surface area contributed by atoms with E-state index in [4.69, 9.17) is 0 Å². The number of halogens is 1. The number of hydrogen-bond donors (Lipinski definition) is 0. The summed E-state index contributed by atoms with van der Waals surface area (Å²) in [5, 5.41) is 0.409. The van der Waals surface area contributed by atoms with Crippen LogP contribution < -0.4 is 9.80 Å². The number of thioether (sulfide) groups is 1. The molecule has 0 aromatic heterocycles. The number of anilines is 2. The number of benzene rings is 3. The highest BCUT2D eigenvalue weighted by Crippen LogP contribution is 2.29. The van der Waals surface area contributed by atoms with Crippen molar-refractivity contribution in [3.8, 4) is 0 Å². The van der Waals surface area contributed by atoms with Gasteiger partial charge in [-0.15, -0.1) is 0 Å². The minimum absolute atomic E-state index is 0.0303. The van der Waals surface area contributed by atoms with Crippen LogP contribution in [-0.2, 0) is 9.59 Å². The van der Waals surface area contributed by atoms with Crippen molar-refractivity contribution in [3.63, 3.8) is 0 Å². The number of amidine groups is 1. The molecule has 0 spiro atoms. The first-order valence-electron chi connectivity index (χ1n) is 12.6. The van der Waals surface area contributed by atoms with Gasteiger partial charge in [0.05, 0.1) is 11.4 Å². The Labute approximate surface area is 230 Å². The van der Waals surface area contributed by atoms with Gasteiger partial charge in [-0.1, -0.05) is 42.1 Å². The molecular formula is C30H27FN4O3S. The van der Waals surface area contributed by atoms with Gasteiger partial charge in [0, 0.05) is 37.4 Å². The van der Waals surface area contributed by atoms with Crippen molar-refractivity contribution in [1.29, 1.82) is 0 Å². The van der Waals surface area contributed by atoms with Crippen molar-refractivity contribution in [2.24, 2.45) is 4.99 Å².